The minimum Gasteiger partial charge on any atom is -0.300 e. The van der Waals surface area contributed by atoms with E-state index in [1.807, 2.05) is 6.92 Å². The number of aryl methyl sites for hydroxylation is 1. The van der Waals surface area contributed by atoms with Gasteiger partial charge >= 0.3 is 0 Å². The fourth-order valence-corrected chi connectivity index (χ4v) is 2.69. The molecule has 14 heavy (non-hydrogen) atoms. The van der Waals surface area contributed by atoms with Crippen molar-refractivity contribution in [2.24, 2.45) is 0 Å². The molecule has 0 saturated heterocycles. The van der Waals surface area contributed by atoms with E-state index in [9.17, 15) is 4.79 Å². The zero-order valence-electron chi connectivity index (χ0n) is 8.45. The van der Waals surface area contributed by atoms with E-state index in [1.54, 1.807) is 18.7 Å². The topological polar surface area (TPSA) is 42.9 Å². The molecule has 0 bridgehead atoms. The molecule has 3 nitrogen and oxygen atoms in total. The summed E-state index contributed by atoms with van der Waals surface area (Å²) < 4.78 is 5.13. The molecule has 0 saturated carbocycles. The normalized spacial score (nSPS) is 10.4. The highest BCUT2D eigenvalue weighted by atomic mass is 32.2. The zero-order chi connectivity index (χ0) is 10.4. The highest BCUT2D eigenvalue weighted by Crippen LogP contribution is 2.21. The number of Topliss-reactive ketones (excluding diaryl/α,β-unsaturated/α-hetero) is 1. The molecule has 0 amide bonds. The second kappa shape index (κ2) is 6.14. The third kappa shape index (κ3) is 4.72. The molecule has 0 aliphatic rings. The van der Waals surface area contributed by atoms with Gasteiger partial charge < -0.3 is 4.79 Å². The van der Waals surface area contributed by atoms with Crippen molar-refractivity contribution in [3.05, 3.63) is 5.82 Å². The van der Waals surface area contributed by atoms with Crippen LogP contribution in [0.4, 0.5) is 0 Å². The molecule has 0 fully saturated rings. The number of unbranched alkanes of at least 4 members (excludes halogenated alkanes) is 1. The number of carbonyl (C=O) groups is 1. The Morgan fingerprint density at radius 3 is 2.86 bits per heavy atom. The summed E-state index contributed by atoms with van der Waals surface area (Å²) in [6.45, 7) is 3.54. The van der Waals surface area contributed by atoms with Crippen molar-refractivity contribution in [2.45, 2.75) is 37.4 Å². The van der Waals surface area contributed by atoms with Crippen LogP contribution in [0.25, 0.3) is 0 Å². The molecule has 0 radical (unpaired) electrons. The van der Waals surface area contributed by atoms with Crippen LogP contribution in [0, 0.1) is 6.92 Å². The quantitative estimate of drug-likeness (QED) is 0.556. The van der Waals surface area contributed by atoms with Gasteiger partial charge in [0, 0.05) is 12.2 Å². The zero-order valence-corrected chi connectivity index (χ0v) is 10.1. The molecule has 1 rings (SSSR count). The molecule has 0 atom stereocenters. The number of rotatable bonds is 6. The smallest absolute Gasteiger partial charge is 0.170 e. The van der Waals surface area contributed by atoms with Crippen LogP contribution in [0.2, 0.25) is 0 Å². The highest BCUT2D eigenvalue weighted by molar-refractivity contribution is 8.00. The van der Waals surface area contributed by atoms with Crippen molar-refractivity contribution in [1.29, 1.82) is 0 Å². The lowest BCUT2D eigenvalue weighted by molar-refractivity contribution is -0.117. The lowest BCUT2D eigenvalue weighted by Crippen LogP contribution is -1.90. The van der Waals surface area contributed by atoms with Crippen LogP contribution < -0.4 is 0 Å². The molecule has 0 N–H and O–H groups in total. The van der Waals surface area contributed by atoms with E-state index >= 15 is 0 Å². The lowest BCUT2D eigenvalue weighted by Gasteiger charge is -1.96. The maximum Gasteiger partial charge on any atom is 0.170 e. The van der Waals surface area contributed by atoms with Crippen LogP contribution in [-0.4, -0.2) is 20.9 Å². The molecular formula is C9H14N2OS2. The predicted molar refractivity (Wildman–Crippen MR) is 59.9 cm³/mol. The van der Waals surface area contributed by atoms with E-state index in [0.717, 1.165) is 28.8 Å². The molecule has 5 heteroatoms. The van der Waals surface area contributed by atoms with Crippen molar-refractivity contribution in [3.8, 4) is 0 Å². The van der Waals surface area contributed by atoms with Gasteiger partial charge in [-0.3, -0.25) is 0 Å². The standard InChI is InChI=1S/C9H14N2OS2/c1-7(12)5-3-4-6-13-9-10-8(2)11-14-9/h3-6H2,1-2H3. The van der Waals surface area contributed by atoms with Crippen molar-refractivity contribution in [3.63, 3.8) is 0 Å². The summed E-state index contributed by atoms with van der Waals surface area (Å²) in [6, 6.07) is 0. The summed E-state index contributed by atoms with van der Waals surface area (Å²) in [5.41, 5.74) is 0. The van der Waals surface area contributed by atoms with Crippen molar-refractivity contribution < 1.29 is 4.79 Å². The monoisotopic (exact) mass is 230 g/mol. The van der Waals surface area contributed by atoms with E-state index in [0.29, 0.717) is 6.42 Å². The summed E-state index contributed by atoms with van der Waals surface area (Å²) in [4.78, 5) is 14.9. The van der Waals surface area contributed by atoms with Gasteiger partial charge in [-0.05, 0) is 38.2 Å². The Hall–Kier alpha value is -0.420. The van der Waals surface area contributed by atoms with E-state index in [2.05, 4.69) is 9.36 Å². The number of nitrogens with zero attached hydrogens (tertiary/aromatic N) is 2. The Bertz CT molecular complexity index is 299. The Morgan fingerprint density at radius 1 is 1.50 bits per heavy atom. The van der Waals surface area contributed by atoms with E-state index in [-0.39, 0.29) is 5.78 Å². The Balaban J connectivity index is 2.07. The predicted octanol–water partition coefficient (Wildman–Crippen LogP) is 2.70. The molecule has 1 heterocycles. The van der Waals surface area contributed by atoms with Crippen molar-refractivity contribution in [2.75, 3.05) is 5.75 Å². The largest absolute Gasteiger partial charge is 0.300 e. The van der Waals surface area contributed by atoms with E-state index < -0.39 is 0 Å². The second-order valence-corrected chi connectivity index (χ2v) is 5.21. The maximum atomic E-state index is 10.7. The fraction of sp³-hybridized carbons (Fsp3) is 0.667. The van der Waals surface area contributed by atoms with Crippen molar-refractivity contribution >= 4 is 29.1 Å². The first-order valence-corrected chi connectivity index (χ1v) is 6.37. The number of carbonyl (C=O) groups excluding carboxylic acids is 1. The molecule has 0 aliphatic carbocycles. The first-order chi connectivity index (χ1) is 6.68. The minimum atomic E-state index is 0.279. The maximum absolute atomic E-state index is 10.7. The molecule has 0 spiro atoms. The van der Waals surface area contributed by atoms with Crippen LogP contribution in [0.15, 0.2) is 4.34 Å². The van der Waals surface area contributed by atoms with Crippen LogP contribution in [-0.2, 0) is 4.79 Å². The van der Waals surface area contributed by atoms with E-state index in [4.69, 9.17) is 0 Å². The lowest BCUT2D eigenvalue weighted by atomic mass is 10.2. The third-order valence-corrected chi connectivity index (χ3v) is 3.67. The summed E-state index contributed by atoms with van der Waals surface area (Å²) >= 11 is 3.18. The van der Waals surface area contributed by atoms with Crippen LogP contribution in [0.5, 0.6) is 0 Å². The van der Waals surface area contributed by atoms with Gasteiger partial charge in [0.2, 0.25) is 0 Å². The van der Waals surface area contributed by atoms with Crippen LogP contribution in [0.3, 0.4) is 0 Å². The first kappa shape index (κ1) is 11.7. The Morgan fingerprint density at radius 2 is 2.29 bits per heavy atom. The van der Waals surface area contributed by atoms with Crippen molar-refractivity contribution in [1.82, 2.24) is 9.36 Å². The Kier molecular flexibility index (Phi) is 5.11. The molecule has 0 aliphatic heterocycles. The molecule has 0 aromatic carbocycles. The molecule has 78 valence electrons. The van der Waals surface area contributed by atoms with Gasteiger partial charge in [0.1, 0.15) is 11.6 Å². The summed E-state index contributed by atoms with van der Waals surface area (Å²) in [6.07, 6.45) is 2.76. The number of ketones is 1. The molecule has 1 aromatic rings. The van der Waals surface area contributed by atoms with Gasteiger partial charge in [-0.15, -0.1) is 0 Å². The number of hydrogen-bond acceptors (Lipinski definition) is 5. The molecular weight excluding hydrogens is 216 g/mol. The first-order valence-electron chi connectivity index (χ1n) is 4.61. The number of thioether (sulfide) groups is 1. The van der Waals surface area contributed by atoms with Gasteiger partial charge in [0.25, 0.3) is 0 Å². The molecule has 1 aromatic heterocycles. The van der Waals surface area contributed by atoms with Crippen LogP contribution >= 0.6 is 23.3 Å². The van der Waals surface area contributed by atoms with Gasteiger partial charge in [-0.2, -0.15) is 4.37 Å². The van der Waals surface area contributed by atoms with Gasteiger partial charge in [-0.1, -0.05) is 11.8 Å². The minimum absolute atomic E-state index is 0.279. The number of aromatic nitrogens is 2. The average molecular weight is 230 g/mol. The number of hydrogen-bond donors (Lipinski definition) is 0. The summed E-state index contributed by atoms with van der Waals surface area (Å²) in [7, 11) is 0. The van der Waals surface area contributed by atoms with Gasteiger partial charge in [0.05, 0.1) is 0 Å². The summed E-state index contributed by atoms with van der Waals surface area (Å²) in [5.74, 6) is 2.16. The van der Waals surface area contributed by atoms with Gasteiger partial charge in [0.15, 0.2) is 4.34 Å². The van der Waals surface area contributed by atoms with Crippen LogP contribution in [0.1, 0.15) is 32.0 Å². The van der Waals surface area contributed by atoms with Gasteiger partial charge in [-0.25, -0.2) is 4.98 Å². The highest BCUT2D eigenvalue weighted by Gasteiger charge is 2.00. The molecule has 0 unspecified atom stereocenters. The Labute approximate surface area is 92.5 Å². The second-order valence-electron chi connectivity index (χ2n) is 3.12. The summed E-state index contributed by atoms with van der Waals surface area (Å²) in [5, 5.41) is 0. The average Bonchev–Trinajstić information content (AvgIpc) is 2.50. The fourth-order valence-electron chi connectivity index (χ4n) is 0.972. The third-order valence-electron chi connectivity index (χ3n) is 1.66. The van der Waals surface area contributed by atoms with E-state index in [1.165, 1.54) is 11.5 Å². The SMILES string of the molecule is CC(=O)CCCCSc1nc(C)ns1.